The van der Waals surface area contributed by atoms with E-state index < -0.39 is 17.8 Å². The van der Waals surface area contributed by atoms with Gasteiger partial charge in [0.2, 0.25) is 11.8 Å². The highest BCUT2D eigenvalue weighted by molar-refractivity contribution is 5.91. The van der Waals surface area contributed by atoms with Gasteiger partial charge in [-0.05, 0) is 49.0 Å². The highest BCUT2D eigenvalue weighted by Gasteiger charge is 2.23. The maximum absolute atomic E-state index is 13.5. The van der Waals surface area contributed by atoms with E-state index in [4.69, 9.17) is 10.5 Å². The number of nitrogens with two attached hydrogens (primary N) is 1. The monoisotopic (exact) mass is 414 g/mol. The molecule has 8 heteroatoms. The molecule has 160 valence electrons. The molecule has 0 aliphatic carbocycles. The fraction of sp³-hybridized carbons (Fsp3) is 0.364. The SMILES string of the molecule is CN(CCC(=O)Nc1ccc(N2CCOCC2)cc1)C(C(N)=O)c1cccc(F)c1. The van der Waals surface area contributed by atoms with Crippen LogP contribution in [0, 0.1) is 5.82 Å². The molecule has 7 nitrogen and oxygen atoms in total. The van der Waals surface area contributed by atoms with Gasteiger partial charge in [-0.3, -0.25) is 14.5 Å². The van der Waals surface area contributed by atoms with Crippen molar-refractivity contribution in [1.29, 1.82) is 0 Å². The van der Waals surface area contributed by atoms with Crippen LogP contribution >= 0.6 is 0 Å². The highest BCUT2D eigenvalue weighted by atomic mass is 19.1. The molecule has 0 saturated carbocycles. The molecular weight excluding hydrogens is 387 g/mol. The number of carbonyl (C=O) groups is 2. The van der Waals surface area contributed by atoms with E-state index in [9.17, 15) is 14.0 Å². The molecule has 1 heterocycles. The van der Waals surface area contributed by atoms with Gasteiger partial charge in [0.25, 0.3) is 0 Å². The summed E-state index contributed by atoms with van der Waals surface area (Å²) in [6.45, 7) is 3.43. The summed E-state index contributed by atoms with van der Waals surface area (Å²) in [5.74, 6) is -1.21. The fourth-order valence-corrected chi connectivity index (χ4v) is 3.52. The Labute approximate surface area is 175 Å². The van der Waals surface area contributed by atoms with E-state index >= 15 is 0 Å². The predicted octanol–water partition coefficient (Wildman–Crippen LogP) is 2.15. The van der Waals surface area contributed by atoms with E-state index in [-0.39, 0.29) is 12.3 Å². The number of ether oxygens (including phenoxy) is 1. The lowest BCUT2D eigenvalue weighted by Gasteiger charge is -2.29. The number of likely N-dealkylation sites (N-methyl/N-ethyl adjacent to an activating group) is 1. The Morgan fingerprint density at radius 1 is 1.20 bits per heavy atom. The van der Waals surface area contributed by atoms with E-state index in [0.29, 0.717) is 31.0 Å². The van der Waals surface area contributed by atoms with Gasteiger partial charge in [-0.15, -0.1) is 0 Å². The first-order valence-electron chi connectivity index (χ1n) is 9.91. The average Bonchev–Trinajstić information content (AvgIpc) is 2.73. The zero-order valence-electron chi connectivity index (χ0n) is 17.0. The molecule has 0 spiro atoms. The van der Waals surface area contributed by atoms with Gasteiger partial charge in [-0.1, -0.05) is 12.1 Å². The van der Waals surface area contributed by atoms with Gasteiger partial charge in [0.05, 0.1) is 13.2 Å². The standard InChI is InChI=1S/C22H27FN4O3/c1-26(21(22(24)29)16-3-2-4-17(23)15-16)10-9-20(28)25-18-5-7-19(8-6-18)27-11-13-30-14-12-27/h2-8,15,21H,9-14H2,1H3,(H2,24,29)(H,25,28). The molecule has 0 radical (unpaired) electrons. The summed E-state index contributed by atoms with van der Waals surface area (Å²) in [6, 6.07) is 12.6. The molecule has 1 aliphatic rings. The number of rotatable bonds is 8. The van der Waals surface area contributed by atoms with Crippen LogP contribution in [0.4, 0.5) is 15.8 Å². The molecule has 1 fully saturated rings. The van der Waals surface area contributed by atoms with E-state index in [0.717, 1.165) is 18.8 Å². The summed E-state index contributed by atoms with van der Waals surface area (Å²) in [5, 5.41) is 2.86. The van der Waals surface area contributed by atoms with Crippen LogP contribution in [0.5, 0.6) is 0 Å². The Morgan fingerprint density at radius 2 is 1.90 bits per heavy atom. The van der Waals surface area contributed by atoms with Crippen LogP contribution in [0.15, 0.2) is 48.5 Å². The Morgan fingerprint density at radius 3 is 2.53 bits per heavy atom. The molecule has 3 rings (SSSR count). The molecule has 0 aromatic heterocycles. The van der Waals surface area contributed by atoms with Crippen molar-refractivity contribution >= 4 is 23.2 Å². The van der Waals surface area contributed by atoms with Crippen molar-refractivity contribution in [3.63, 3.8) is 0 Å². The lowest BCUT2D eigenvalue weighted by Crippen LogP contribution is -2.37. The second-order valence-corrected chi connectivity index (χ2v) is 7.28. The third-order valence-electron chi connectivity index (χ3n) is 5.09. The number of hydrogen-bond donors (Lipinski definition) is 2. The quantitative estimate of drug-likeness (QED) is 0.691. The molecule has 1 saturated heterocycles. The summed E-state index contributed by atoms with van der Waals surface area (Å²) in [7, 11) is 1.69. The number of nitrogens with one attached hydrogen (secondary N) is 1. The lowest BCUT2D eigenvalue weighted by atomic mass is 10.0. The molecule has 2 aromatic carbocycles. The smallest absolute Gasteiger partial charge is 0.239 e. The van der Waals surface area contributed by atoms with Gasteiger partial charge < -0.3 is 20.7 Å². The van der Waals surface area contributed by atoms with Crippen molar-refractivity contribution in [3.05, 3.63) is 59.9 Å². The van der Waals surface area contributed by atoms with Crippen LogP contribution in [-0.4, -0.2) is 56.6 Å². The first kappa shape index (κ1) is 21.7. The Balaban J connectivity index is 1.53. The predicted molar refractivity (Wildman–Crippen MR) is 114 cm³/mol. The number of morpholine rings is 1. The largest absolute Gasteiger partial charge is 0.378 e. The van der Waals surface area contributed by atoms with E-state index in [2.05, 4.69) is 10.2 Å². The number of benzene rings is 2. The van der Waals surface area contributed by atoms with Crippen molar-refractivity contribution in [2.24, 2.45) is 5.73 Å². The maximum atomic E-state index is 13.5. The number of anilines is 2. The van der Waals surface area contributed by atoms with Crippen molar-refractivity contribution in [1.82, 2.24) is 4.90 Å². The highest BCUT2D eigenvalue weighted by Crippen LogP contribution is 2.21. The average molecular weight is 414 g/mol. The molecule has 1 unspecified atom stereocenters. The zero-order chi connectivity index (χ0) is 21.5. The van der Waals surface area contributed by atoms with Crippen LogP contribution in [-0.2, 0) is 14.3 Å². The van der Waals surface area contributed by atoms with E-state index in [1.54, 1.807) is 18.0 Å². The summed E-state index contributed by atoms with van der Waals surface area (Å²) >= 11 is 0. The molecule has 2 amide bonds. The number of amides is 2. The second-order valence-electron chi connectivity index (χ2n) is 7.28. The van der Waals surface area contributed by atoms with Gasteiger partial charge in [0.15, 0.2) is 0 Å². The van der Waals surface area contributed by atoms with Crippen molar-refractivity contribution < 1.29 is 18.7 Å². The fourth-order valence-electron chi connectivity index (χ4n) is 3.52. The third kappa shape index (κ3) is 5.77. The Kier molecular flexibility index (Phi) is 7.37. The first-order chi connectivity index (χ1) is 14.4. The number of nitrogens with zero attached hydrogens (tertiary/aromatic N) is 2. The molecular formula is C22H27FN4O3. The van der Waals surface area contributed by atoms with Crippen LogP contribution in [0.2, 0.25) is 0 Å². The number of primary amides is 1. The number of halogens is 1. The normalized spacial score (nSPS) is 15.1. The molecule has 3 N–H and O–H groups in total. The van der Waals surface area contributed by atoms with Gasteiger partial charge in [0, 0.05) is 37.4 Å². The zero-order valence-corrected chi connectivity index (χ0v) is 17.0. The first-order valence-corrected chi connectivity index (χ1v) is 9.91. The van der Waals surface area contributed by atoms with Crippen LogP contribution < -0.4 is 16.0 Å². The topological polar surface area (TPSA) is 87.9 Å². The van der Waals surface area contributed by atoms with Crippen LogP contribution in [0.1, 0.15) is 18.0 Å². The molecule has 0 bridgehead atoms. The second kappa shape index (κ2) is 10.2. The van der Waals surface area contributed by atoms with Crippen molar-refractivity contribution in [2.75, 3.05) is 50.1 Å². The molecule has 2 aromatic rings. The van der Waals surface area contributed by atoms with Crippen LogP contribution in [0.25, 0.3) is 0 Å². The summed E-state index contributed by atoms with van der Waals surface area (Å²) in [4.78, 5) is 28.1. The van der Waals surface area contributed by atoms with E-state index in [1.807, 2.05) is 24.3 Å². The summed E-state index contributed by atoms with van der Waals surface area (Å²) in [5.41, 5.74) is 7.77. The lowest BCUT2D eigenvalue weighted by molar-refractivity contribution is -0.124. The van der Waals surface area contributed by atoms with Gasteiger partial charge >= 0.3 is 0 Å². The van der Waals surface area contributed by atoms with Gasteiger partial charge in [-0.2, -0.15) is 0 Å². The summed E-state index contributed by atoms with van der Waals surface area (Å²) in [6.07, 6.45) is 0.167. The van der Waals surface area contributed by atoms with Gasteiger partial charge in [-0.25, -0.2) is 4.39 Å². The molecule has 1 aliphatic heterocycles. The number of hydrogen-bond acceptors (Lipinski definition) is 5. The van der Waals surface area contributed by atoms with Crippen molar-refractivity contribution in [2.45, 2.75) is 12.5 Å². The Hall–Kier alpha value is -2.97. The van der Waals surface area contributed by atoms with Gasteiger partial charge in [0.1, 0.15) is 11.9 Å². The molecule has 1 atom stereocenters. The third-order valence-corrected chi connectivity index (χ3v) is 5.09. The minimum Gasteiger partial charge on any atom is -0.378 e. The van der Waals surface area contributed by atoms with Crippen LogP contribution in [0.3, 0.4) is 0 Å². The molecule has 30 heavy (non-hydrogen) atoms. The number of carbonyl (C=O) groups excluding carboxylic acids is 2. The summed E-state index contributed by atoms with van der Waals surface area (Å²) < 4.78 is 18.9. The minimum absolute atomic E-state index is 0.167. The maximum Gasteiger partial charge on any atom is 0.239 e. The van der Waals surface area contributed by atoms with E-state index in [1.165, 1.54) is 18.2 Å². The minimum atomic E-state index is -0.804. The van der Waals surface area contributed by atoms with Crippen molar-refractivity contribution in [3.8, 4) is 0 Å². The Bertz CT molecular complexity index is 869.